The molecule has 0 aliphatic rings. The molecule has 2 rings (SSSR count). The van der Waals surface area contributed by atoms with Crippen LogP contribution in [-0.2, 0) is 24.2 Å². The van der Waals surface area contributed by atoms with Crippen molar-refractivity contribution in [3.8, 4) is 0 Å². The average molecular weight is 324 g/mol. The molecule has 20 heavy (non-hydrogen) atoms. The number of anilines is 1. The Morgan fingerprint density at radius 1 is 1.35 bits per heavy atom. The number of benzene rings is 1. The quantitative estimate of drug-likeness (QED) is 0.942. The molecule has 0 amide bonds. The number of halogens is 4. The maximum absolute atomic E-state index is 12.6. The Balaban J connectivity index is 2.27. The summed E-state index contributed by atoms with van der Waals surface area (Å²) in [7, 11) is -0.156. The lowest BCUT2D eigenvalue weighted by atomic mass is 10.2. The normalized spacial score (nSPS) is 13.2. The zero-order chi connectivity index (χ0) is 14.9. The number of nitrogens with one attached hydrogen (secondary N) is 1. The molecular formula is C11H9ClF3N3OS. The van der Waals surface area contributed by atoms with Gasteiger partial charge in [-0.1, -0.05) is 11.6 Å². The van der Waals surface area contributed by atoms with Crippen molar-refractivity contribution >= 4 is 28.3 Å². The second-order valence-electron chi connectivity index (χ2n) is 3.89. The molecule has 0 saturated carbocycles. The molecule has 1 aromatic heterocycles. The van der Waals surface area contributed by atoms with Crippen LogP contribution in [0, 0.1) is 0 Å². The van der Waals surface area contributed by atoms with E-state index in [1.807, 2.05) is 0 Å². The third-order valence-electron chi connectivity index (χ3n) is 2.38. The highest BCUT2D eigenvalue weighted by molar-refractivity contribution is 7.86. The summed E-state index contributed by atoms with van der Waals surface area (Å²) in [5.41, 5.74) is -0.937. The summed E-state index contributed by atoms with van der Waals surface area (Å²) in [4.78, 5) is 0. The number of alkyl halides is 3. The third kappa shape index (κ3) is 3.31. The molecule has 0 spiro atoms. The zero-order valence-corrected chi connectivity index (χ0v) is 11.7. The molecule has 1 atom stereocenters. The number of nitrogens with zero attached hydrogens (tertiary/aromatic N) is 2. The molecule has 0 fully saturated rings. The van der Waals surface area contributed by atoms with Crippen LogP contribution in [0.5, 0.6) is 0 Å². The van der Waals surface area contributed by atoms with E-state index in [2.05, 4.69) is 9.82 Å². The van der Waals surface area contributed by atoms with Gasteiger partial charge in [-0.05, 0) is 24.3 Å². The smallest absolute Gasteiger partial charge is 0.298 e. The van der Waals surface area contributed by atoms with Crippen LogP contribution in [0.15, 0.2) is 35.5 Å². The molecule has 1 unspecified atom stereocenters. The van der Waals surface area contributed by atoms with Crippen molar-refractivity contribution in [2.24, 2.45) is 7.05 Å². The Morgan fingerprint density at radius 2 is 2.05 bits per heavy atom. The Bertz CT molecular complexity index is 657. The van der Waals surface area contributed by atoms with E-state index < -0.39 is 22.7 Å². The summed E-state index contributed by atoms with van der Waals surface area (Å²) in [5.74, 6) is 0. The molecule has 0 saturated heterocycles. The Kier molecular flexibility index (Phi) is 4.05. The van der Waals surface area contributed by atoms with Gasteiger partial charge in [0, 0.05) is 13.2 Å². The summed E-state index contributed by atoms with van der Waals surface area (Å²) in [6, 6.07) is 4.26. The van der Waals surface area contributed by atoms with E-state index in [1.54, 1.807) is 13.2 Å². The lowest BCUT2D eigenvalue weighted by Gasteiger charge is -2.11. The molecule has 2 aromatic rings. The standard InChI is InChI=1S/C11H9ClF3N3OS/c1-18-5-4-10(16-18)20(19)17-9-6-7(11(13,14)15)2-3-8(9)12/h2-6,17H,1H3. The number of hydrogen-bond donors (Lipinski definition) is 1. The van der Waals surface area contributed by atoms with Crippen LogP contribution in [0.3, 0.4) is 0 Å². The van der Waals surface area contributed by atoms with Crippen LogP contribution in [0.25, 0.3) is 0 Å². The van der Waals surface area contributed by atoms with Crippen LogP contribution >= 0.6 is 11.6 Å². The van der Waals surface area contributed by atoms with Crippen LogP contribution in [0.4, 0.5) is 18.9 Å². The van der Waals surface area contributed by atoms with Gasteiger partial charge in [-0.2, -0.15) is 18.3 Å². The molecule has 4 nitrogen and oxygen atoms in total. The minimum Gasteiger partial charge on any atom is -0.298 e. The van der Waals surface area contributed by atoms with Gasteiger partial charge < -0.3 is 0 Å². The van der Waals surface area contributed by atoms with Crippen molar-refractivity contribution in [1.82, 2.24) is 9.78 Å². The summed E-state index contributed by atoms with van der Waals surface area (Å²) in [5, 5.41) is 4.14. The van der Waals surface area contributed by atoms with E-state index >= 15 is 0 Å². The van der Waals surface area contributed by atoms with Crippen LogP contribution in [0.1, 0.15) is 5.56 Å². The predicted molar refractivity (Wildman–Crippen MR) is 69.7 cm³/mol. The summed E-state index contributed by atoms with van der Waals surface area (Å²) < 4.78 is 53.6. The lowest BCUT2D eigenvalue weighted by molar-refractivity contribution is -0.137. The molecule has 1 aromatic carbocycles. The fourth-order valence-corrected chi connectivity index (χ4v) is 2.51. The maximum Gasteiger partial charge on any atom is 0.416 e. The van der Waals surface area contributed by atoms with Gasteiger partial charge in [-0.3, -0.25) is 9.40 Å². The van der Waals surface area contributed by atoms with Gasteiger partial charge in [0.1, 0.15) is 0 Å². The van der Waals surface area contributed by atoms with E-state index in [0.717, 1.165) is 18.2 Å². The van der Waals surface area contributed by atoms with Crippen molar-refractivity contribution in [1.29, 1.82) is 0 Å². The summed E-state index contributed by atoms with van der Waals surface area (Å²) >= 11 is 5.79. The molecule has 0 aliphatic heterocycles. The monoisotopic (exact) mass is 323 g/mol. The number of aryl methyl sites for hydroxylation is 1. The molecule has 9 heteroatoms. The molecule has 1 heterocycles. The molecule has 1 N–H and O–H groups in total. The average Bonchev–Trinajstić information content (AvgIpc) is 2.77. The summed E-state index contributed by atoms with van der Waals surface area (Å²) in [6.07, 6.45) is -2.92. The SMILES string of the molecule is Cn1ccc(S(=O)Nc2cc(C(F)(F)F)ccc2Cl)n1. The van der Waals surface area contributed by atoms with E-state index in [9.17, 15) is 17.4 Å². The first kappa shape index (κ1) is 14.9. The number of aromatic nitrogens is 2. The Morgan fingerprint density at radius 3 is 2.60 bits per heavy atom. The van der Waals surface area contributed by atoms with Gasteiger partial charge in [0.15, 0.2) is 16.0 Å². The van der Waals surface area contributed by atoms with Crippen molar-refractivity contribution in [3.63, 3.8) is 0 Å². The molecule has 0 radical (unpaired) electrons. The Labute approximate surface area is 120 Å². The second-order valence-corrected chi connectivity index (χ2v) is 5.46. The van der Waals surface area contributed by atoms with Gasteiger partial charge in [-0.25, -0.2) is 4.21 Å². The predicted octanol–water partition coefficient (Wildman–Crippen LogP) is 3.23. The van der Waals surface area contributed by atoms with Gasteiger partial charge in [0.05, 0.1) is 16.3 Å². The van der Waals surface area contributed by atoms with Crippen molar-refractivity contribution in [3.05, 3.63) is 41.0 Å². The largest absolute Gasteiger partial charge is 0.416 e. The topological polar surface area (TPSA) is 46.9 Å². The fraction of sp³-hybridized carbons (Fsp3) is 0.182. The van der Waals surface area contributed by atoms with Crippen molar-refractivity contribution in [2.75, 3.05) is 4.72 Å². The lowest BCUT2D eigenvalue weighted by Crippen LogP contribution is -2.09. The minimum absolute atomic E-state index is 0.0438. The molecular weight excluding hydrogens is 315 g/mol. The second kappa shape index (κ2) is 5.45. The number of hydrogen-bond acceptors (Lipinski definition) is 2. The minimum atomic E-state index is -4.49. The highest BCUT2D eigenvalue weighted by Gasteiger charge is 2.31. The zero-order valence-electron chi connectivity index (χ0n) is 10.1. The van der Waals surface area contributed by atoms with Crippen molar-refractivity contribution < 1.29 is 17.4 Å². The van der Waals surface area contributed by atoms with Gasteiger partial charge in [0.25, 0.3) is 0 Å². The first-order valence-electron chi connectivity index (χ1n) is 5.32. The van der Waals surface area contributed by atoms with Crippen LogP contribution < -0.4 is 4.72 Å². The Hall–Kier alpha value is -1.54. The van der Waals surface area contributed by atoms with E-state index in [4.69, 9.17) is 11.6 Å². The van der Waals surface area contributed by atoms with E-state index in [0.29, 0.717) is 0 Å². The van der Waals surface area contributed by atoms with E-state index in [-0.39, 0.29) is 15.7 Å². The van der Waals surface area contributed by atoms with Crippen LogP contribution in [0.2, 0.25) is 5.02 Å². The van der Waals surface area contributed by atoms with E-state index in [1.165, 1.54) is 10.7 Å². The first-order valence-corrected chi connectivity index (χ1v) is 6.85. The molecule has 108 valence electrons. The maximum atomic E-state index is 12.6. The molecule has 0 bridgehead atoms. The first-order chi connectivity index (χ1) is 9.27. The van der Waals surface area contributed by atoms with Gasteiger partial charge in [-0.15, -0.1) is 0 Å². The van der Waals surface area contributed by atoms with Crippen LogP contribution in [-0.4, -0.2) is 14.0 Å². The fourth-order valence-electron chi connectivity index (χ4n) is 1.42. The van der Waals surface area contributed by atoms with Crippen molar-refractivity contribution in [2.45, 2.75) is 11.2 Å². The third-order valence-corrected chi connectivity index (χ3v) is 3.71. The highest BCUT2D eigenvalue weighted by Crippen LogP contribution is 2.34. The number of rotatable bonds is 3. The van der Waals surface area contributed by atoms with Gasteiger partial charge >= 0.3 is 6.18 Å². The summed E-state index contributed by atoms with van der Waals surface area (Å²) in [6.45, 7) is 0. The highest BCUT2D eigenvalue weighted by atomic mass is 35.5. The van der Waals surface area contributed by atoms with Gasteiger partial charge in [0.2, 0.25) is 0 Å². The molecule has 0 aliphatic carbocycles.